The van der Waals surface area contributed by atoms with Gasteiger partial charge in [0.15, 0.2) is 0 Å². The lowest BCUT2D eigenvalue weighted by molar-refractivity contribution is -0.123. The lowest BCUT2D eigenvalue weighted by Crippen LogP contribution is -2.40. The van der Waals surface area contributed by atoms with Crippen LogP contribution in [0.5, 0.6) is 0 Å². The van der Waals surface area contributed by atoms with E-state index in [4.69, 9.17) is 0 Å². The molecule has 0 saturated carbocycles. The van der Waals surface area contributed by atoms with Gasteiger partial charge in [-0.2, -0.15) is 0 Å². The zero-order chi connectivity index (χ0) is 17.2. The molecule has 2 nitrogen and oxygen atoms in total. The van der Waals surface area contributed by atoms with Crippen molar-refractivity contribution in [3.05, 3.63) is 0 Å². The van der Waals surface area contributed by atoms with E-state index in [0.29, 0.717) is 18.1 Å². The molecule has 3 unspecified atom stereocenters. The molecule has 0 aromatic heterocycles. The van der Waals surface area contributed by atoms with Crippen LogP contribution in [0.3, 0.4) is 0 Å². The van der Waals surface area contributed by atoms with Crippen molar-refractivity contribution in [2.24, 2.45) is 17.3 Å². The zero-order valence-electron chi connectivity index (χ0n) is 16.0. The highest BCUT2D eigenvalue weighted by molar-refractivity contribution is 5.78. The van der Waals surface area contributed by atoms with E-state index in [1.54, 1.807) is 0 Å². The van der Waals surface area contributed by atoms with E-state index in [9.17, 15) is 9.90 Å². The normalized spacial score (nSPS) is 16.3. The zero-order valence-corrected chi connectivity index (χ0v) is 16.0. The molecule has 0 amide bonds. The number of ketones is 1. The van der Waals surface area contributed by atoms with E-state index in [1.807, 2.05) is 6.92 Å². The summed E-state index contributed by atoms with van der Waals surface area (Å²) >= 11 is 0. The fourth-order valence-corrected chi connectivity index (χ4v) is 3.53. The maximum absolute atomic E-state index is 12.4. The second-order valence-corrected chi connectivity index (χ2v) is 7.64. The summed E-state index contributed by atoms with van der Waals surface area (Å²) in [7, 11) is 0. The highest BCUT2D eigenvalue weighted by Gasteiger charge is 2.38. The van der Waals surface area contributed by atoms with Crippen molar-refractivity contribution in [3.8, 4) is 0 Å². The van der Waals surface area contributed by atoms with Crippen molar-refractivity contribution in [3.63, 3.8) is 0 Å². The van der Waals surface area contributed by atoms with Crippen LogP contribution in [0.1, 0.15) is 99.3 Å². The number of aliphatic hydroxyl groups excluding tert-OH is 1. The molecule has 0 aliphatic carbocycles. The van der Waals surface area contributed by atoms with Crippen molar-refractivity contribution in [1.82, 2.24) is 0 Å². The summed E-state index contributed by atoms with van der Waals surface area (Å²) in [6, 6.07) is 0. The number of Topliss-reactive ketones (excluding diaryl/α,β-unsaturated/α-hetero) is 1. The quantitative estimate of drug-likeness (QED) is 0.439. The Kier molecular flexibility index (Phi) is 11.0. The minimum Gasteiger partial charge on any atom is -0.393 e. The Hall–Kier alpha value is -0.370. The van der Waals surface area contributed by atoms with Crippen LogP contribution >= 0.6 is 0 Å². The Morgan fingerprint density at radius 3 is 2.09 bits per heavy atom. The first-order valence-electron chi connectivity index (χ1n) is 9.50. The molecule has 3 atom stereocenters. The molecule has 0 spiro atoms. The highest BCUT2D eigenvalue weighted by Crippen LogP contribution is 2.40. The van der Waals surface area contributed by atoms with Crippen LogP contribution in [-0.4, -0.2) is 17.0 Å². The van der Waals surface area contributed by atoms with Crippen LogP contribution in [0, 0.1) is 17.3 Å². The van der Waals surface area contributed by atoms with Gasteiger partial charge in [-0.1, -0.05) is 73.6 Å². The average molecular weight is 313 g/mol. The van der Waals surface area contributed by atoms with Crippen molar-refractivity contribution in [1.29, 1.82) is 0 Å². The molecule has 132 valence electrons. The van der Waals surface area contributed by atoms with Gasteiger partial charge < -0.3 is 5.11 Å². The smallest absolute Gasteiger partial charge is 0.133 e. The van der Waals surface area contributed by atoms with E-state index < -0.39 is 0 Å². The molecule has 0 aliphatic heterocycles. The largest absolute Gasteiger partial charge is 0.393 e. The maximum atomic E-state index is 12.4. The number of aliphatic hydroxyl groups is 1. The minimum absolute atomic E-state index is 0.192. The monoisotopic (exact) mass is 312 g/mol. The molecule has 0 fully saturated rings. The number of rotatable bonds is 13. The van der Waals surface area contributed by atoms with Crippen molar-refractivity contribution >= 4 is 5.78 Å². The summed E-state index contributed by atoms with van der Waals surface area (Å²) in [5, 5.41) is 10.4. The van der Waals surface area contributed by atoms with Crippen LogP contribution < -0.4 is 0 Å². The first-order chi connectivity index (χ1) is 10.3. The van der Waals surface area contributed by atoms with Crippen LogP contribution in [0.15, 0.2) is 0 Å². The summed E-state index contributed by atoms with van der Waals surface area (Å²) in [4.78, 5) is 12.4. The van der Waals surface area contributed by atoms with Crippen molar-refractivity contribution < 1.29 is 9.90 Å². The third kappa shape index (κ3) is 7.26. The topological polar surface area (TPSA) is 37.3 Å². The molecule has 2 heteroatoms. The fourth-order valence-electron chi connectivity index (χ4n) is 3.53. The standard InChI is InChI=1S/C20H40O2/c1-7-10-11-12-13-14-17(21)15-18(16(4)8-2)20(5,6)19(22)9-3/h16,18-19,22H,7-15H2,1-6H3. The highest BCUT2D eigenvalue weighted by atomic mass is 16.3. The Morgan fingerprint density at radius 2 is 1.59 bits per heavy atom. The third-order valence-electron chi connectivity index (χ3n) is 5.54. The Morgan fingerprint density at radius 1 is 1.00 bits per heavy atom. The number of hydrogen-bond acceptors (Lipinski definition) is 2. The number of carbonyl (C=O) groups excluding carboxylic acids is 1. The van der Waals surface area contributed by atoms with Crippen LogP contribution in [0.2, 0.25) is 0 Å². The van der Waals surface area contributed by atoms with Crippen molar-refractivity contribution in [2.75, 3.05) is 0 Å². The van der Waals surface area contributed by atoms with E-state index in [1.165, 1.54) is 25.7 Å². The van der Waals surface area contributed by atoms with Gasteiger partial charge in [0.2, 0.25) is 0 Å². The van der Waals surface area contributed by atoms with Gasteiger partial charge in [-0.25, -0.2) is 0 Å². The lowest BCUT2D eigenvalue weighted by Gasteiger charge is -2.41. The van der Waals surface area contributed by atoms with Gasteiger partial charge in [0.25, 0.3) is 0 Å². The van der Waals surface area contributed by atoms with Gasteiger partial charge in [-0.15, -0.1) is 0 Å². The van der Waals surface area contributed by atoms with Crippen LogP contribution in [0.4, 0.5) is 0 Å². The molecular weight excluding hydrogens is 272 g/mol. The SMILES string of the molecule is CCCCCCCC(=O)CC(C(C)CC)C(C)(C)C(O)CC. The van der Waals surface area contributed by atoms with Gasteiger partial charge in [0, 0.05) is 12.8 Å². The summed E-state index contributed by atoms with van der Waals surface area (Å²) in [5.74, 6) is 1.13. The maximum Gasteiger partial charge on any atom is 0.133 e. The number of unbranched alkanes of at least 4 members (excludes halogenated alkanes) is 4. The van der Waals surface area contributed by atoms with E-state index in [2.05, 4.69) is 34.6 Å². The van der Waals surface area contributed by atoms with Gasteiger partial charge >= 0.3 is 0 Å². The second kappa shape index (κ2) is 11.2. The lowest BCUT2D eigenvalue weighted by atomic mass is 9.65. The third-order valence-corrected chi connectivity index (χ3v) is 5.54. The first kappa shape index (κ1) is 21.6. The van der Waals surface area contributed by atoms with Gasteiger partial charge in [-0.05, 0) is 30.1 Å². The van der Waals surface area contributed by atoms with Gasteiger partial charge in [-0.3, -0.25) is 4.79 Å². The predicted molar refractivity (Wildman–Crippen MR) is 96.0 cm³/mol. The first-order valence-corrected chi connectivity index (χ1v) is 9.50. The molecule has 0 bridgehead atoms. The molecule has 0 saturated heterocycles. The van der Waals surface area contributed by atoms with Crippen LogP contribution in [0.25, 0.3) is 0 Å². The molecule has 0 aromatic carbocycles. The molecule has 1 N–H and O–H groups in total. The summed E-state index contributed by atoms with van der Waals surface area (Å²) in [6.07, 6.45) is 8.81. The van der Waals surface area contributed by atoms with Crippen molar-refractivity contribution in [2.45, 2.75) is 105 Å². The Balaban J connectivity index is 4.56. The molecule has 0 rings (SSSR count). The van der Waals surface area contributed by atoms with E-state index in [0.717, 1.165) is 25.7 Å². The molecule has 0 heterocycles. The molecular formula is C20H40O2. The Bertz CT molecular complexity index is 296. The molecule has 0 aliphatic rings. The fraction of sp³-hybridized carbons (Fsp3) is 0.950. The average Bonchev–Trinajstić information content (AvgIpc) is 2.50. The summed E-state index contributed by atoms with van der Waals surface area (Å²) < 4.78 is 0. The summed E-state index contributed by atoms with van der Waals surface area (Å²) in [5.41, 5.74) is -0.192. The molecule has 0 radical (unpaired) electrons. The summed E-state index contributed by atoms with van der Waals surface area (Å²) in [6.45, 7) is 12.9. The minimum atomic E-state index is -0.330. The Labute approximate surface area is 139 Å². The van der Waals surface area contributed by atoms with Gasteiger partial charge in [0.1, 0.15) is 5.78 Å². The van der Waals surface area contributed by atoms with Gasteiger partial charge in [0.05, 0.1) is 6.10 Å². The second-order valence-electron chi connectivity index (χ2n) is 7.64. The number of carbonyl (C=O) groups is 1. The van der Waals surface area contributed by atoms with E-state index in [-0.39, 0.29) is 17.4 Å². The van der Waals surface area contributed by atoms with Crippen LogP contribution in [-0.2, 0) is 4.79 Å². The molecule has 22 heavy (non-hydrogen) atoms. The van der Waals surface area contributed by atoms with E-state index >= 15 is 0 Å². The number of hydrogen-bond donors (Lipinski definition) is 1. The molecule has 0 aromatic rings. The predicted octanol–water partition coefficient (Wildman–Crippen LogP) is 5.77.